The fraction of sp³-hybridized carbons (Fsp3) is 0.154. The normalized spacial score (nSPS) is 12.8. The number of H-pyrrole nitrogens is 2. The molecule has 2 N–H and O–H groups in total. The van der Waals surface area contributed by atoms with Crippen molar-refractivity contribution in [3.8, 4) is 28.7 Å². The smallest absolute Gasteiger partial charge is 0.348 e. The average Bonchev–Trinajstić information content (AvgIpc) is 3.17. The van der Waals surface area contributed by atoms with Crippen LogP contribution in [0.2, 0.25) is 0 Å². The molecule has 0 saturated heterocycles. The molecule has 0 atom stereocenters. The van der Waals surface area contributed by atoms with Crippen molar-refractivity contribution in [2.24, 2.45) is 0 Å². The Morgan fingerprint density at radius 2 is 2.14 bits per heavy atom. The Morgan fingerprint density at radius 1 is 1.29 bits per heavy atom. The molecule has 1 aliphatic rings. The summed E-state index contributed by atoms with van der Waals surface area (Å²) in [5.41, 5.74) is 1.74. The van der Waals surface area contributed by atoms with Crippen molar-refractivity contribution in [2.75, 3.05) is 6.79 Å². The van der Waals surface area contributed by atoms with E-state index < -0.39 is 0 Å². The minimum atomic E-state index is -0.341. The van der Waals surface area contributed by atoms with Gasteiger partial charge in [0, 0.05) is 11.8 Å². The first-order valence-corrected chi connectivity index (χ1v) is 6.32. The van der Waals surface area contributed by atoms with Crippen LogP contribution in [0.5, 0.6) is 11.5 Å². The highest BCUT2D eigenvalue weighted by atomic mass is 16.7. The molecule has 1 aliphatic heterocycles. The van der Waals surface area contributed by atoms with E-state index >= 15 is 0 Å². The van der Waals surface area contributed by atoms with Crippen LogP contribution >= 0.6 is 0 Å². The van der Waals surface area contributed by atoms with Crippen LogP contribution in [0.3, 0.4) is 0 Å². The molecule has 0 aliphatic carbocycles. The Kier molecular flexibility index (Phi) is 2.37. The van der Waals surface area contributed by atoms with Crippen LogP contribution in [0, 0.1) is 6.92 Å². The van der Waals surface area contributed by atoms with E-state index in [9.17, 15) is 4.79 Å². The van der Waals surface area contributed by atoms with E-state index in [0.29, 0.717) is 28.7 Å². The molecule has 0 radical (unpaired) electrons. The highest BCUT2D eigenvalue weighted by Crippen LogP contribution is 2.34. The number of ether oxygens (including phenoxy) is 2. The minimum Gasteiger partial charge on any atom is -0.454 e. The Balaban J connectivity index is 1.91. The van der Waals surface area contributed by atoms with Gasteiger partial charge in [0.2, 0.25) is 6.79 Å². The monoisotopic (exact) mass is 285 g/mol. The van der Waals surface area contributed by atoms with E-state index in [4.69, 9.17) is 9.47 Å². The lowest BCUT2D eigenvalue weighted by molar-refractivity contribution is 0.174. The van der Waals surface area contributed by atoms with Gasteiger partial charge in [0.25, 0.3) is 0 Å². The van der Waals surface area contributed by atoms with E-state index in [2.05, 4.69) is 20.2 Å². The van der Waals surface area contributed by atoms with Crippen LogP contribution in [0.1, 0.15) is 5.69 Å². The zero-order valence-electron chi connectivity index (χ0n) is 11.1. The van der Waals surface area contributed by atoms with Gasteiger partial charge in [-0.3, -0.25) is 0 Å². The third-order valence-corrected chi connectivity index (χ3v) is 3.33. The lowest BCUT2D eigenvalue weighted by atomic mass is 10.2. The summed E-state index contributed by atoms with van der Waals surface area (Å²) in [5.74, 6) is 1.70. The lowest BCUT2D eigenvalue weighted by Crippen LogP contribution is -2.15. The summed E-state index contributed by atoms with van der Waals surface area (Å²) < 4.78 is 12.1. The number of aromatic nitrogens is 5. The Bertz CT molecular complexity index is 876. The highest BCUT2D eigenvalue weighted by molar-refractivity contribution is 5.58. The van der Waals surface area contributed by atoms with Gasteiger partial charge in [-0.25, -0.2) is 19.4 Å². The van der Waals surface area contributed by atoms with Gasteiger partial charge in [0.1, 0.15) is 5.69 Å². The van der Waals surface area contributed by atoms with E-state index in [0.717, 1.165) is 5.69 Å². The number of fused-ring (bicyclic) bond motifs is 1. The maximum atomic E-state index is 12.1. The molecule has 8 heteroatoms. The number of aromatic amines is 2. The van der Waals surface area contributed by atoms with Gasteiger partial charge in [0.05, 0.1) is 12.0 Å². The first kappa shape index (κ1) is 11.8. The second-order valence-electron chi connectivity index (χ2n) is 4.60. The largest absolute Gasteiger partial charge is 0.454 e. The van der Waals surface area contributed by atoms with Crippen LogP contribution in [0.25, 0.3) is 17.2 Å². The van der Waals surface area contributed by atoms with Gasteiger partial charge in [0.15, 0.2) is 17.3 Å². The van der Waals surface area contributed by atoms with Gasteiger partial charge in [-0.15, -0.1) is 0 Å². The Hall–Kier alpha value is -3.03. The van der Waals surface area contributed by atoms with Crippen molar-refractivity contribution in [1.82, 2.24) is 24.7 Å². The predicted molar refractivity (Wildman–Crippen MR) is 72.6 cm³/mol. The molecule has 21 heavy (non-hydrogen) atoms. The fourth-order valence-electron chi connectivity index (χ4n) is 2.30. The second kappa shape index (κ2) is 4.23. The van der Waals surface area contributed by atoms with E-state index in [1.165, 1.54) is 4.57 Å². The Labute approximate surface area is 118 Å². The van der Waals surface area contributed by atoms with Crippen LogP contribution < -0.4 is 15.2 Å². The first-order chi connectivity index (χ1) is 10.2. The summed E-state index contributed by atoms with van der Waals surface area (Å²) in [5, 5.41) is 6.51. The van der Waals surface area contributed by atoms with Crippen LogP contribution in [0.15, 0.2) is 29.3 Å². The molecule has 8 nitrogen and oxygen atoms in total. The molecule has 4 rings (SSSR count). The van der Waals surface area contributed by atoms with Crippen molar-refractivity contribution in [3.63, 3.8) is 0 Å². The summed E-state index contributed by atoms with van der Waals surface area (Å²) in [7, 11) is 0. The predicted octanol–water partition coefficient (Wildman–Crippen LogP) is 0.988. The van der Waals surface area contributed by atoms with Crippen molar-refractivity contribution in [3.05, 3.63) is 40.7 Å². The topological polar surface area (TPSA) is 97.8 Å². The average molecular weight is 285 g/mol. The second-order valence-corrected chi connectivity index (χ2v) is 4.60. The van der Waals surface area contributed by atoms with E-state index in [1.807, 2.05) is 6.92 Å². The summed E-state index contributed by atoms with van der Waals surface area (Å²) in [6.07, 6.45) is 1.56. The third kappa shape index (κ3) is 1.72. The van der Waals surface area contributed by atoms with Crippen molar-refractivity contribution in [1.29, 1.82) is 0 Å². The molecule has 0 fully saturated rings. The first-order valence-electron chi connectivity index (χ1n) is 6.32. The molecule has 3 aromatic rings. The van der Waals surface area contributed by atoms with Gasteiger partial charge in [-0.1, -0.05) is 0 Å². The third-order valence-electron chi connectivity index (χ3n) is 3.33. The SMILES string of the molecule is Cc1[nH]cnc1-c1n[nH]c(=O)n1-c1ccc2c(c1)OCO2. The van der Waals surface area contributed by atoms with Crippen molar-refractivity contribution in [2.45, 2.75) is 6.92 Å². The van der Waals surface area contributed by atoms with E-state index in [1.54, 1.807) is 24.5 Å². The number of nitrogens with one attached hydrogen (secondary N) is 2. The standard InChI is InChI=1S/C13H11N5O3/c1-7-11(15-5-14-7)12-16-17-13(19)18(12)8-2-3-9-10(4-8)21-6-20-9/h2-5H,6H2,1H3,(H,14,15)(H,17,19). The zero-order chi connectivity index (χ0) is 14.4. The number of nitrogens with zero attached hydrogens (tertiary/aromatic N) is 3. The van der Waals surface area contributed by atoms with Gasteiger partial charge >= 0.3 is 5.69 Å². The summed E-state index contributed by atoms with van der Waals surface area (Å²) in [4.78, 5) is 19.3. The van der Waals surface area contributed by atoms with Crippen LogP contribution in [-0.4, -0.2) is 31.5 Å². The molecule has 106 valence electrons. The maximum absolute atomic E-state index is 12.1. The van der Waals surface area contributed by atoms with Crippen molar-refractivity contribution >= 4 is 0 Å². The lowest BCUT2D eigenvalue weighted by Gasteiger charge is -2.05. The number of hydrogen-bond donors (Lipinski definition) is 2. The summed E-state index contributed by atoms with van der Waals surface area (Å²) >= 11 is 0. The number of benzene rings is 1. The number of aryl methyl sites for hydroxylation is 1. The molecule has 1 aromatic carbocycles. The molecule has 0 unspecified atom stereocenters. The van der Waals surface area contributed by atoms with Crippen LogP contribution in [0.4, 0.5) is 0 Å². The molecular weight excluding hydrogens is 274 g/mol. The quantitative estimate of drug-likeness (QED) is 0.731. The van der Waals surface area contributed by atoms with E-state index in [-0.39, 0.29) is 12.5 Å². The van der Waals surface area contributed by atoms with Gasteiger partial charge in [-0.2, -0.15) is 5.10 Å². The number of rotatable bonds is 2. The molecule has 2 aromatic heterocycles. The van der Waals surface area contributed by atoms with Gasteiger partial charge in [-0.05, 0) is 19.1 Å². The van der Waals surface area contributed by atoms with Gasteiger partial charge < -0.3 is 14.5 Å². The molecule has 0 saturated carbocycles. The molecular formula is C13H11N5O3. The summed E-state index contributed by atoms with van der Waals surface area (Å²) in [6, 6.07) is 5.28. The fourth-order valence-corrected chi connectivity index (χ4v) is 2.30. The zero-order valence-corrected chi connectivity index (χ0v) is 11.1. The highest BCUT2D eigenvalue weighted by Gasteiger charge is 2.19. The summed E-state index contributed by atoms with van der Waals surface area (Å²) in [6.45, 7) is 2.05. The Morgan fingerprint density at radius 3 is 2.95 bits per heavy atom. The number of imidazole rings is 1. The molecule has 0 spiro atoms. The van der Waals surface area contributed by atoms with Crippen LogP contribution in [-0.2, 0) is 0 Å². The molecule has 0 amide bonds. The van der Waals surface area contributed by atoms with Crippen molar-refractivity contribution < 1.29 is 9.47 Å². The molecule has 3 heterocycles. The minimum absolute atomic E-state index is 0.185. The maximum Gasteiger partial charge on any atom is 0.348 e. The molecule has 0 bridgehead atoms. The number of hydrogen-bond acceptors (Lipinski definition) is 5.